The molecule has 0 bridgehead atoms. The zero-order chi connectivity index (χ0) is 10.1. The molecule has 1 aromatic rings. The van der Waals surface area contributed by atoms with Crippen LogP contribution in [0.2, 0.25) is 5.02 Å². The molecule has 1 aliphatic rings. The monoisotopic (exact) mass is 209 g/mol. The van der Waals surface area contributed by atoms with Crippen molar-refractivity contribution in [3.8, 4) is 0 Å². The second-order valence-electron chi connectivity index (χ2n) is 3.62. The Kier molecular flexibility index (Phi) is 2.46. The molecule has 1 amide bonds. The average Bonchev–Trinajstić information content (AvgIpc) is 2.96. The van der Waals surface area contributed by atoms with Crippen LogP contribution in [0.4, 0.5) is 0 Å². The van der Waals surface area contributed by atoms with Crippen molar-refractivity contribution in [3.05, 3.63) is 34.9 Å². The van der Waals surface area contributed by atoms with Gasteiger partial charge in [-0.2, -0.15) is 0 Å². The van der Waals surface area contributed by atoms with Crippen LogP contribution in [0.1, 0.15) is 17.9 Å². The van der Waals surface area contributed by atoms with Crippen LogP contribution in [0.3, 0.4) is 0 Å². The van der Waals surface area contributed by atoms with Crippen LogP contribution < -0.4 is 5.32 Å². The molecule has 0 spiro atoms. The summed E-state index contributed by atoms with van der Waals surface area (Å²) in [5, 5.41) is 3.41. The fourth-order valence-electron chi connectivity index (χ4n) is 1.78. The number of nitrogens with one attached hydrogen (secondary N) is 1. The molecule has 2 atom stereocenters. The first-order chi connectivity index (χ1) is 6.72. The van der Waals surface area contributed by atoms with E-state index in [0.29, 0.717) is 5.92 Å². The Morgan fingerprint density at radius 2 is 2.36 bits per heavy atom. The van der Waals surface area contributed by atoms with Crippen molar-refractivity contribution in [1.82, 2.24) is 5.32 Å². The highest BCUT2D eigenvalue weighted by Gasteiger charge is 2.43. The number of hydrogen-bond donors (Lipinski definition) is 1. The lowest BCUT2D eigenvalue weighted by atomic mass is 10.1. The van der Waals surface area contributed by atoms with Crippen LogP contribution in [0, 0.1) is 5.92 Å². The number of rotatable bonds is 2. The molecule has 2 nitrogen and oxygen atoms in total. The Hall–Kier alpha value is -1.02. The van der Waals surface area contributed by atoms with E-state index in [1.807, 2.05) is 24.3 Å². The molecule has 74 valence electrons. The lowest BCUT2D eigenvalue weighted by Gasteiger charge is -2.00. The highest BCUT2D eigenvalue weighted by molar-refractivity contribution is 6.30. The fourth-order valence-corrected chi connectivity index (χ4v) is 1.97. The van der Waals surface area contributed by atoms with E-state index in [-0.39, 0.29) is 11.8 Å². The maximum atomic E-state index is 11.3. The molecular formula is C11H12ClNO. The first kappa shape index (κ1) is 9.53. The molecule has 0 heterocycles. The van der Waals surface area contributed by atoms with Gasteiger partial charge in [0.2, 0.25) is 5.91 Å². The molecule has 1 aliphatic carbocycles. The van der Waals surface area contributed by atoms with Gasteiger partial charge in [0.15, 0.2) is 0 Å². The topological polar surface area (TPSA) is 29.1 Å². The second kappa shape index (κ2) is 3.62. The van der Waals surface area contributed by atoms with Crippen molar-refractivity contribution in [2.24, 2.45) is 5.92 Å². The minimum absolute atomic E-state index is 0.134. The smallest absolute Gasteiger partial charge is 0.223 e. The van der Waals surface area contributed by atoms with Gasteiger partial charge in [0.1, 0.15) is 0 Å². The molecule has 0 aromatic heterocycles. The predicted octanol–water partition coefficient (Wildman–Crippen LogP) is 2.19. The molecule has 0 saturated heterocycles. The molecule has 0 unspecified atom stereocenters. The quantitative estimate of drug-likeness (QED) is 0.795. The largest absolute Gasteiger partial charge is 0.359 e. The summed E-state index contributed by atoms with van der Waals surface area (Å²) in [4.78, 5) is 11.3. The lowest BCUT2D eigenvalue weighted by Crippen LogP contribution is -2.20. The highest BCUT2D eigenvalue weighted by atomic mass is 35.5. The molecule has 3 heteroatoms. The third-order valence-electron chi connectivity index (χ3n) is 2.65. The van der Waals surface area contributed by atoms with Crippen LogP contribution in [0.25, 0.3) is 0 Å². The predicted molar refractivity (Wildman–Crippen MR) is 56.4 cm³/mol. The Labute approximate surface area is 88.3 Å². The van der Waals surface area contributed by atoms with Crippen LogP contribution in [0.5, 0.6) is 0 Å². The van der Waals surface area contributed by atoms with E-state index >= 15 is 0 Å². The molecule has 0 radical (unpaired) electrons. The molecule has 1 fully saturated rings. The van der Waals surface area contributed by atoms with Crippen molar-refractivity contribution in [3.63, 3.8) is 0 Å². The van der Waals surface area contributed by atoms with E-state index in [9.17, 15) is 4.79 Å². The average molecular weight is 210 g/mol. The molecule has 2 rings (SSSR count). The number of carbonyl (C=O) groups excluding carboxylic acids is 1. The molecule has 0 aliphatic heterocycles. The summed E-state index contributed by atoms with van der Waals surface area (Å²) in [5.41, 5.74) is 1.17. The van der Waals surface area contributed by atoms with E-state index in [4.69, 9.17) is 11.6 Å². The van der Waals surface area contributed by atoms with Crippen LogP contribution in [0.15, 0.2) is 24.3 Å². The first-order valence-electron chi connectivity index (χ1n) is 4.69. The molecule has 1 saturated carbocycles. The summed E-state index contributed by atoms with van der Waals surface area (Å²) >= 11 is 5.88. The van der Waals surface area contributed by atoms with E-state index in [1.54, 1.807) is 7.05 Å². The van der Waals surface area contributed by atoms with Crippen LogP contribution >= 0.6 is 11.6 Å². The lowest BCUT2D eigenvalue weighted by molar-refractivity contribution is -0.121. The second-order valence-corrected chi connectivity index (χ2v) is 4.05. The van der Waals surface area contributed by atoms with Crippen molar-refractivity contribution in [1.29, 1.82) is 0 Å². The van der Waals surface area contributed by atoms with Gasteiger partial charge >= 0.3 is 0 Å². The van der Waals surface area contributed by atoms with Gasteiger partial charge in [-0.05, 0) is 30.0 Å². The fraction of sp³-hybridized carbons (Fsp3) is 0.364. The Balaban J connectivity index is 2.09. The summed E-state index contributed by atoms with van der Waals surface area (Å²) in [7, 11) is 1.68. The van der Waals surface area contributed by atoms with E-state index < -0.39 is 0 Å². The summed E-state index contributed by atoms with van der Waals surface area (Å²) in [6.45, 7) is 0. The van der Waals surface area contributed by atoms with Gasteiger partial charge in [0.25, 0.3) is 0 Å². The maximum Gasteiger partial charge on any atom is 0.223 e. The molecular weight excluding hydrogens is 198 g/mol. The van der Waals surface area contributed by atoms with Gasteiger partial charge in [-0.25, -0.2) is 0 Å². The van der Waals surface area contributed by atoms with Gasteiger partial charge in [-0.3, -0.25) is 4.79 Å². The maximum absolute atomic E-state index is 11.3. The van der Waals surface area contributed by atoms with Crippen LogP contribution in [-0.2, 0) is 4.79 Å². The normalized spacial score (nSPS) is 24.4. The van der Waals surface area contributed by atoms with E-state index in [0.717, 1.165) is 11.4 Å². The van der Waals surface area contributed by atoms with E-state index in [2.05, 4.69) is 5.32 Å². The zero-order valence-electron chi connectivity index (χ0n) is 7.96. The van der Waals surface area contributed by atoms with Crippen molar-refractivity contribution in [2.45, 2.75) is 12.3 Å². The standard InChI is InChI=1S/C11H12ClNO/c1-13-11(14)10-6-9(10)7-3-2-4-8(12)5-7/h2-5,9-10H,6H2,1H3,(H,13,14)/t9-,10-/m0/s1. The summed E-state index contributed by atoms with van der Waals surface area (Å²) in [6, 6.07) is 7.74. The Bertz CT molecular complexity index is 364. The third-order valence-corrected chi connectivity index (χ3v) is 2.89. The highest BCUT2D eigenvalue weighted by Crippen LogP contribution is 2.47. The Morgan fingerprint density at radius 3 is 3.00 bits per heavy atom. The molecule has 1 aromatic carbocycles. The molecule has 1 N–H and O–H groups in total. The summed E-state index contributed by atoms with van der Waals surface area (Å²) < 4.78 is 0. The van der Waals surface area contributed by atoms with Gasteiger partial charge in [0.05, 0.1) is 0 Å². The number of hydrogen-bond acceptors (Lipinski definition) is 1. The van der Waals surface area contributed by atoms with Gasteiger partial charge in [0, 0.05) is 18.0 Å². The number of halogens is 1. The first-order valence-corrected chi connectivity index (χ1v) is 5.07. The third kappa shape index (κ3) is 1.75. The van der Waals surface area contributed by atoms with Crippen molar-refractivity contribution < 1.29 is 4.79 Å². The summed E-state index contributed by atoms with van der Waals surface area (Å²) in [6.07, 6.45) is 0.944. The minimum Gasteiger partial charge on any atom is -0.359 e. The Morgan fingerprint density at radius 1 is 1.57 bits per heavy atom. The number of carbonyl (C=O) groups is 1. The minimum atomic E-state index is 0.134. The van der Waals surface area contributed by atoms with Gasteiger partial charge in [-0.15, -0.1) is 0 Å². The number of amides is 1. The van der Waals surface area contributed by atoms with Gasteiger partial charge in [-0.1, -0.05) is 23.7 Å². The molecule has 14 heavy (non-hydrogen) atoms. The van der Waals surface area contributed by atoms with Crippen molar-refractivity contribution >= 4 is 17.5 Å². The zero-order valence-corrected chi connectivity index (χ0v) is 8.71. The van der Waals surface area contributed by atoms with Crippen molar-refractivity contribution in [2.75, 3.05) is 7.05 Å². The van der Waals surface area contributed by atoms with E-state index in [1.165, 1.54) is 5.56 Å². The number of benzene rings is 1. The SMILES string of the molecule is CNC(=O)[C@H]1C[C@H]1c1cccc(Cl)c1. The van der Waals surface area contributed by atoms with Crippen LogP contribution in [-0.4, -0.2) is 13.0 Å². The van der Waals surface area contributed by atoms with Gasteiger partial charge < -0.3 is 5.32 Å². The summed E-state index contributed by atoms with van der Waals surface area (Å²) in [5.74, 6) is 0.655.